The van der Waals surface area contributed by atoms with Crippen LogP contribution < -0.4 is 11.3 Å². The van der Waals surface area contributed by atoms with Gasteiger partial charge in [0.2, 0.25) is 0 Å². The molecule has 0 bridgehead atoms. The largest absolute Gasteiger partial charge is 0.393 e. The number of aryl methyl sites for hydroxylation is 1. The van der Waals surface area contributed by atoms with Gasteiger partial charge in [-0.15, -0.1) is 0 Å². The lowest BCUT2D eigenvalue weighted by molar-refractivity contribution is 0.544. The number of benzene rings is 1. The van der Waals surface area contributed by atoms with Gasteiger partial charge in [0.25, 0.3) is 5.56 Å². The SMILES string of the molecule is Cc1cccc(Cn2[nH]c(C(C)(C)C)c(N)c2=O)c1. The van der Waals surface area contributed by atoms with Crippen LogP contribution in [-0.2, 0) is 12.0 Å². The molecular formula is C15H21N3O. The van der Waals surface area contributed by atoms with E-state index in [-0.39, 0.29) is 11.0 Å². The van der Waals surface area contributed by atoms with Crippen LogP contribution in [0.1, 0.15) is 37.6 Å². The summed E-state index contributed by atoms with van der Waals surface area (Å²) >= 11 is 0. The van der Waals surface area contributed by atoms with Crippen LogP contribution in [0.25, 0.3) is 0 Å². The average molecular weight is 259 g/mol. The second-order valence-corrected chi connectivity index (χ2v) is 6.03. The van der Waals surface area contributed by atoms with Gasteiger partial charge in [-0.2, -0.15) is 0 Å². The van der Waals surface area contributed by atoms with Crippen LogP contribution in [-0.4, -0.2) is 9.78 Å². The summed E-state index contributed by atoms with van der Waals surface area (Å²) in [6.07, 6.45) is 0. The molecule has 3 N–H and O–H groups in total. The third-order valence-corrected chi connectivity index (χ3v) is 3.16. The normalized spacial score (nSPS) is 11.8. The van der Waals surface area contributed by atoms with Crippen LogP contribution >= 0.6 is 0 Å². The highest BCUT2D eigenvalue weighted by atomic mass is 16.1. The first-order valence-electron chi connectivity index (χ1n) is 6.43. The highest BCUT2D eigenvalue weighted by Gasteiger charge is 2.22. The van der Waals surface area contributed by atoms with E-state index in [1.165, 1.54) is 5.56 Å². The average Bonchev–Trinajstić information content (AvgIpc) is 2.57. The first-order chi connectivity index (χ1) is 8.79. The second-order valence-electron chi connectivity index (χ2n) is 6.03. The lowest BCUT2D eigenvalue weighted by Crippen LogP contribution is -2.19. The van der Waals surface area contributed by atoms with E-state index in [0.29, 0.717) is 12.2 Å². The van der Waals surface area contributed by atoms with Crippen molar-refractivity contribution in [3.8, 4) is 0 Å². The number of nitrogens with zero attached hydrogens (tertiary/aromatic N) is 1. The number of aromatic amines is 1. The third-order valence-electron chi connectivity index (χ3n) is 3.16. The molecule has 0 radical (unpaired) electrons. The Hall–Kier alpha value is -1.97. The van der Waals surface area contributed by atoms with E-state index >= 15 is 0 Å². The Bertz CT molecular complexity index is 644. The number of rotatable bonds is 2. The number of hydrogen-bond donors (Lipinski definition) is 2. The standard InChI is InChI=1S/C15H21N3O/c1-10-6-5-7-11(8-10)9-18-14(19)12(16)13(17-18)15(2,3)4/h5-8,17H,9,16H2,1-4H3. The molecule has 0 saturated carbocycles. The fourth-order valence-corrected chi connectivity index (χ4v) is 2.17. The first kappa shape index (κ1) is 13.5. The van der Waals surface area contributed by atoms with Crippen molar-refractivity contribution in [3.05, 3.63) is 51.4 Å². The molecule has 0 aliphatic rings. The summed E-state index contributed by atoms with van der Waals surface area (Å²) in [5.41, 5.74) is 8.98. The molecule has 1 aromatic heterocycles. The number of aromatic nitrogens is 2. The molecule has 0 fully saturated rings. The van der Waals surface area contributed by atoms with E-state index in [1.54, 1.807) is 4.68 Å². The fraction of sp³-hybridized carbons (Fsp3) is 0.400. The molecule has 0 aliphatic carbocycles. The molecule has 0 unspecified atom stereocenters. The molecule has 0 saturated heterocycles. The number of hydrogen-bond acceptors (Lipinski definition) is 2. The lowest BCUT2D eigenvalue weighted by atomic mass is 9.91. The molecule has 102 valence electrons. The van der Waals surface area contributed by atoms with Gasteiger partial charge in [-0.1, -0.05) is 50.6 Å². The van der Waals surface area contributed by atoms with Crippen molar-refractivity contribution in [2.45, 2.75) is 39.7 Å². The van der Waals surface area contributed by atoms with Crippen LogP contribution in [0, 0.1) is 6.92 Å². The fourth-order valence-electron chi connectivity index (χ4n) is 2.17. The van der Waals surface area contributed by atoms with Gasteiger partial charge in [0, 0.05) is 5.41 Å². The number of nitrogen functional groups attached to an aromatic ring is 1. The number of H-pyrrole nitrogens is 1. The van der Waals surface area contributed by atoms with E-state index in [1.807, 2.05) is 45.9 Å². The highest BCUT2D eigenvalue weighted by Crippen LogP contribution is 2.23. The van der Waals surface area contributed by atoms with Crippen molar-refractivity contribution >= 4 is 5.69 Å². The Morgan fingerprint density at radius 3 is 2.53 bits per heavy atom. The zero-order valence-corrected chi connectivity index (χ0v) is 11.9. The molecule has 0 spiro atoms. The minimum atomic E-state index is -0.166. The summed E-state index contributed by atoms with van der Waals surface area (Å²) in [5, 5.41) is 3.14. The van der Waals surface area contributed by atoms with E-state index in [0.717, 1.165) is 11.3 Å². The molecule has 0 amide bonds. The molecule has 4 heteroatoms. The summed E-state index contributed by atoms with van der Waals surface area (Å²) in [6, 6.07) is 8.11. The Balaban J connectivity index is 2.40. The molecule has 1 heterocycles. The van der Waals surface area contributed by atoms with E-state index in [9.17, 15) is 4.79 Å². The first-order valence-corrected chi connectivity index (χ1v) is 6.43. The second kappa shape index (κ2) is 4.61. The van der Waals surface area contributed by atoms with Crippen molar-refractivity contribution in [2.75, 3.05) is 5.73 Å². The molecular weight excluding hydrogens is 238 g/mol. The minimum absolute atomic E-state index is 0.147. The molecule has 2 aromatic rings. The van der Waals surface area contributed by atoms with Crippen LogP contribution in [0.3, 0.4) is 0 Å². The van der Waals surface area contributed by atoms with Gasteiger partial charge in [0.1, 0.15) is 5.69 Å². The molecule has 19 heavy (non-hydrogen) atoms. The predicted octanol–water partition coefficient (Wildman–Crippen LogP) is 2.41. The quantitative estimate of drug-likeness (QED) is 0.870. The minimum Gasteiger partial charge on any atom is -0.393 e. The maximum atomic E-state index is 12.1. The molecule has 0 aliphatic heterocycles. The zero-order valence-electron chi connectivity index (χ0n) is 11.9. The van der Waals surface area contributed by atoms with Gasteiger partial charge < -0.3 is 5.73 Å². The van der Waals surface area contributed by atoms with Gasteiger partial charge in [0.15, 0.2) is 0 Å². The number of anilines is 1. The maximum Gasteiger partial charge on any atom is 0.290 e. The van der Waals surface area contributed by atoms with Crippen molar-refractivity contribution in [1.29, 1.82) is 0 Å². The van der Waals surface area contributed by atoms with Crippen molar-refractivity contribution in [3.63, 3.8) is 0 Å². The Kier molecular flexibility index (Phi) is 3.27. The monoisotopic (exact) mass is 259 g/mol. The van der Waals surface area contributed by atoms with E-state index in [2.05, 4.69) is 11.2 Å². The summed E-state index contributed by atoms with van der Waals surface area (Å²) in [6.45, 7) is 8.65. The Labute approximate surface area is 113 Å². The van der Waals surface area contributed by atoms with Crippen molar-refractivity contribution in [2.24, 2.45) is 0 Å². The lowest BCUT2D eigenvalue weighted by Gasteiger charge is -2.16. The van der Waals surface area contributed by atoms with Crippen LogP contribution in [0.4, 0.5) is 5.69 Å². The van der Waals surface area contributed by atoms with Gasteiger partial charge in [0.05, 0.1) is 12.2 Å². The van der Waals surface area contributed by atoms with Crippen LogP contribution in [0.15, 0.2) is 29.1 Å². The van der Waals surface area contributed by atoms with Gasteiger partial charge >= 0.3 is 0 Å². The number of nitrogens with two attached hydrogens (primary N) is 1. The topological polar surface area (TPSA) is 63.8 Å². The summed E-state index contributed by atoms with van der Waals surface area (Å²) in [5.74, 6) is 0. The van der Waals surface area contributed by atoms with Gasteiger partial charge in [-0.3, -0.25) is 9.89 Å². The van der Waals surface area contributed by atoms with Gasteiger partial charge in [-0.25, -0.2) is 4.68 Å². The number of nitrogens with one attached hydrogen (secondary N) is 1. The summed E-state index contributed by atoms with van der Waals surface area (Å²) < 4.78 is 1.57. The smallest absolute Gasteiger partial charge is 0.290 e. The third kappa shape index (κ3) is 2.72. The Morgan fingerprint density at radius 2 is 2.00 bits per heavy atom. The summed E-state index contributed by atoms with van der Waals surface area (Å²) in [4.78, 5) is 12.1. The summed E-state index contributed by atoms with van der Waals surface area (Å²) in [7, 11) is 0. The molecule has 0 atom stereocenters. The van der Waals surface area contributed by atoms with E-state index < -0.39 is 0 Å². The highest BCUT2D eigenvalue weighted by molar-refractivity contribution is 5.44. The molecule has 4 nitrogen and oxygen atoms in total. The van der Waals surface area contributed by atoms with E-state index in [4.69, 9.17) is 5.73 Å². The molecule has 2 rings (SSSR count). The maximum absolute atomic E-state index is 12.1. The van der Waals surface area contributed by atoms with Crippen molar-refractivity contribution in [1.82, 2.24) is 9.78 Å². The zero-order chi connectivity index (χ0) is 14.2. The predicted molar refractivity (Wildman–Crippen MR) is 78.4 cm³/mol. The molecule has 1 aromatic carbocycles. The Morgan fingerprint density at radius 1 is 1.32 bits per heavy atom. The van der Waals surface area contributed by atoms with Crippen LogP contribution in [0.5, 0.6) is 0 Å². The van der Waals surface area contributed by atoms with Gasteiger partial charge in [-0.05, 0) is 12.5 Å². The van der Waals surface area contributed by atoms with Crippen molar-refractivity contribution < 1.29 is 0 Å². The van der Waals surface area contributed by atoms with Crippen LogP contribution in [0.2, 0.25) is 0 Å².